The van der Waals surface area contributed by atoms with Gasteiger partial charge in [0.05, 0.1) is 13.0 Å². The van der Waals surface area contributed by atoms with E-state index < -0.39 is 30.4 Å². The minimum atomic E-state index is -1.53. The minimum absolute atomic E-state index is 0.180. The standard InChI is InChI=1S/C18H24N2O5/c1-3-25-16(22)11-15(21)17(23)19-14-5-4-10-20(18(14)24)13-8-6-12(2)7-9-13/h6-9,14-15,21H,3-5,10-11H2,1-2H3,(H,19,23)/t14-,15-/m1/s1. The second kappa shape index (κ2) is 8.62. The number of hydrogen-bond donors (Lipinski definition) is 2. The maximum Gasteiger partial charge on any atom is 0.308 e. The first-order chi connectivity index (χ1) is 11.9. The fourth-order valence-corrected chi connectivity index (χ4v) is 2.73. The van der Waals surface area contributed by atoms with Crippen LogP contribution in [0.1, 0.15) is 31.7 Å². The molecule has 0 radical (unpaired) electrons. The summed E-state index contributed by atoms with van der Waals surface area (Å²) < 4.78 is 4.70. The van der Waals surface area contributed by atoms with Gasteiger partial charge in [-0.05, 0) is 38.8 Å². The van der Waals surface area contributed by atoms with Crippen molar-refractivity contribution in [3.8, 4) is 0 Å². The molecular weight excluding hydrogens is 324 g/mol. The van der Waals surface area contributed by atoms with Crippen LogP contribution in [-0.4, -0.2) is 48.2 Å². The van der Waals surface area contributed by atoms with Crippen molar-refractivity contribution in [3.05, 3.63) is 29.8 Å². The number of aliphatic hydroxyl groups is 1. The lowest BCUT2D eigenvalue weighted by atomic mass is 10.0. The minimum Gasteiger partial charge on any atom is -0.466 e. The molecule has 1 aliphatic heterocycles. The third-order valence-corrected chi connectivity index (χ3v) is 4.07. The van der Waals surface area contributed by atoms with Gasteiger partial charge in [0, 0.05) is 12.2 Å². The number of carbonyl (C=O) groups excluding carboxylic acids is 3. The quantitative estimate of drug-likeness (QED) is 0.746. The van der Waals surface area contributed by atoms with E-state index in [9.17, 15) is 19.5 Å². The summed E-state index contributed by atoms with van der Waals surface area (Å²) in [5, 5.41) is 12.3. The molecule has 1 aromatic rings. The van der Waals surface area contributed by atoms with Gasteiger partial charge in [-0.1, -0.05) is 17.7 Å². The molecule has 0 bridgehead atoms. The van der Waals surface area contributed by atoms with Crippen molar-refractivity contribution in [2.45, 2.75) is 45.3 Å². The molecule has 2 amide bonds. The highest BCUT2D eigenvalue weighted by atomic mass is 16.5. The van der Waals surface area contributed by atoms with Crippen LogP contribution in [0, 0.1) is 6.92 Å². The van der Waals surface area contributed by atoms with Gasteiger partial charge in [0.1, 0.15) is 12.1 Å². The Morgan fingerprint density at radius 3 is 2.68 bits per heavy atom. The van der Waals surface area contributed by atoms with E-state index >= 15 is 0 Å². The first kappa shape index (κ1) is 18.9. The lowest BCUT2D eigenvalue weighted by molar-refractivity contribution is -0.149. The van der Waals surface area contributed by atoms with Crippen LogP contribution < -0.4 is 10.2 Å². The van der Waals surface area contributed by atoms with Crippen LogP contribution in [0.3, 0.4) is 0 Å². The molecule has 0 unspecified atom stereocenters. The molecule has 0 aliphatic carbocycles. The Morgan fingerprint density at radius 1 is 1.36 bits per heavy atom. The van der Waals surface area contributed by atoms with Crippen LogP contribution in [0.4, 0.5) is 5.69 Å². The van der Waals surface area contributed by atoms with Gasteiger partial charge in [0.2, 0.25) is 11.8 Å². The number of hydrogen-bond acceptors (Lipinski definition) is 5. The smallest absolute Gasteiger partial charge is 0.308 e. The van der Waals surface area contributed by atoms with Crippen LogP contribution in [0.2, 0.25) is 0 Å². The number of anilines is 1. The maximum absolute atomic E-state index is 12.6. The summed E-state index contributed by atoms with van der Waals surface area (Å²) in [4.78, 5) is 37.6. The SMILES string of the molecule is CCOC(=O)C[C@@H](O)C(=O)N[C@@H]1CCCN(c2ccc(C)cc2)C1=O. The fourth-order valence-electron chi connectivity index (χ4n) is 2.73. The Kier molecular flexibility index (Phi) is 6.52. The van der Waals surface area contributed by atoms with Gasteiger partial charge in [-0.3, -0.25) is 14.4 Å². The molecule has 2 atom stereocenters. The number of nitrogens with one attached hydrogen (secondary N) is 1. The summed E-state index contributed by atoms with van der Waals surface area (Å²) in [6.07, 6.45) is -0.721. The lowest BCUT2D eigenvalue weighted by Crippen LogP contribution is -2.54. The number of nitrogens with zero attached hydrogens (tertiary/aromatic N) is 1. The molecule has 1 fully saturated rings. The molecule has 0 aromatic heterocycles. The Morgan fingerprint density at radius 2 is 2.04 bits per heavy atom. The maximum atomic E-state index is 12.6. The molecule has 0 spiro atoms. The van der Waals surface area contributed by atoms with E-state index in [1.807, 2.05) is 31.2 Å². The number of amides is 2. The topological polar surface area (TPSA) is 95.9 Å². The summed E-state index contributed by atoms with van der Waals surface area (Å²) in [5.74, 6) is -1.61. The molecule has 0 saturated carbocycles. The second-order valence-electron chi connectivity index (χ2n) is 6.05. The Balaban J connectivity index is 1.97. The predicted octanol–water partition coefficient (Wildman–Crippen LogP) is 0.921. The van der Waals surface area contributed by atoms with Gasteiger partial charge in [0.25, 0.3) is 0 Å². The van der Waals surface area contributed by atoms with Crippen LogP contribution in [-0.2, 0) is 19.1 Å². The monoisotopic (exact) mass is 348 g/mol. The summed E-state index contributed by atoms with van der Waals surface area (Å²) >= 11 is 0. The molecule has 7 heteroatoms. The van der Waals surface area contributed by atoms with E-state index in [2.05, 4.69) is 5.32 Å². The zero-order chi connectivity index (χ0) is 18.4. The summed E-state index contributed by atoms with van der Waals surface area (Å²) in [6.45, 7) is 4.37. The van der Waals surface area contributed by atoms with E-state index in [0.29, 0.717) is 13.0 Å². The van der Waals surface area contributed by atoms with Crippen molar-refractivity contribution in [1.82, 2.24) is 5.32 Å². The number of esters is 1. The Bertz CT molecular complexity index is 629. The van der Waals surface area contributed by atoms with Gasteiger partial charge in [-0.2, -0.15) is 0 Å². The highest BCUT2D eigenvalue weighted by molar-refractivity contribution is 6.00. The Hall–Kier alpha value is -2.41. The van der Waals surface area contributed by atoms with Gasteiger partial charge >= 0.3 is 5.97 Å². The zero-order valence-electron chi connectivity index (χ0n) is 14.5. The van der Waals surface area contributed by atoms with E-state index in [4.69, 9.17) is 4.74 Å². The molecule has 1 heterocycles. The third-order valence-electron chi connectivity index (χ3n) is 4.07. The van der Waals surface area contributed by atoms with Crippen molar-refractivity contribution >= 4 is 23.5 Å². The number of aryl methyl sites for hydroxylation is 1. The number of aliphatic hydroxyl groups excluding tert-OH is 1. The van der Waals surface area contributed by atoms with Gasteiger partial charge in [0.15, 0.2) is 0 Å². The zero-order valence-corrected chi connectivity index (χ0v) is 14.5. The molecule has 2 N–H and O–H groups in total. The van der Waals surface area contributed by atoms with Crippen LogP contribution in [0.25, 0.3) is 0 Å². The highest BCUT2D eigenvalue weighted by Crippen LogP contribution is 2.21. The van der Waals surface area contributed by atoms with Crippen molar-refractivity contribution in [1.29, 1.82) is 0 Å². The molecule has 7 nitrogen and oxygen atoms in total. The molecule has 25 heavy (non-hydrogen) atoms. The van der Waals surface area contributed by atoms with Gasteiger partial charge in [-0.25, -0.2) is 0 Å². The van der Waals surface area contributed by atoms with E-state index in [0.717, 1.165) is 17.7 Å². The number of carbonyl (C=O) groups is 3. The van der Waals surface area contributed by atoms with Crippen molar-refractivity contribution in [3.63, 3.8) is 0 Å². The predicted molar refractivity (Wildman–Crippen MR) is 92.0 cm³/mol. The largest absolute Gasteiger partial charge is 0.466 e. The van der Waals surface area contributed by atoms with Gasteiger partial charge in [-0.15, -0.1) is 0 Å². The highest BCUT2D eigenvalue weighted by Gasteiger charge is 2.32. The summed E-state index contributed by atoms with van der Waals surface area (Å²) in [7, 11) is 0. The number of rotatable bonds is 6. The first-order valence-electron chi connectivity index (χ1n) is 8.44. The van der Waals surface area contributed by atoms with E-state index in [1.165, 1.54) is 0 Å². The van der Waals surface area contributed by atoms with Crippen molar-refractivity contribution in [2.75, 3.05) is 18.1 Å². The molecule has 1 saturated heterocycles. The van der Waals surface area contributed by atoms with Crippen molar-refractivity contribution < 1.29 is 24.2 Å². The van der Waals surface area contributed by atoms with Crippen LogP contribution >= 0.6 is 0 Å². The van der Waals surface area contributed by atoms with E-state index in [-0.39, 0.29) is 12.5 Å². The molecule has 136 valence electrons. The van der Waals surface area contributed by atoms with Crippen LogP contribution in [0.5, 0.6) is 0 Å². The fraction of sp³-hybridized carbons (Fsp3) is 0.500. The van der Waals surface area contributed by atoms with Crippen LogP contribution in [0.15, 0.2) is 24.3 Å². The summed E-state index contributed by atoms with van der Waals surface area (Å²) in [6, 6.07) is 6.88. The lowest BCUT2D eigenvalue weighted by Gasteiger charge is -2.33. The number of ether oxygens (including phenoxy) is 1. The molecule has 1 aliphatic rings. The third kappa shape index (κ3) is 5.03. The summed E-state index contributed by atoms with van der Waals surface area (Å²) in [5.41, 5.74) is 1.88. The molecule has 2 rings (SSSR count). The Labute approximate surface area is 147 Å². The van der Waals surface area contributed by atoms with Gasteiger partial charge < -0.3 is 20.1 Å². The van der Waals surface area contributed by atoms with E-state index in [1.54, 1.807) is 11.8 Å². The first-order valence-corrected chi connectivity index (χ1v) is 8.44. The normalized spacial score (nSPS) is 18.6. The molecular formula is C18H24N2O5. The average molecular weight is 348 g/mol. The average Bonchev–Trinajstić information content (AvgIpc) is 2.57. The number of piperidine rings is 1. The van der Waals surface area contributed by atoms with Crippen molar-refractivity contribution in [2.24, 2.45) is 0 Å². The molecule has 1 aromatic carbocycles. The number of benzene rings is 1. The second-order valence-corrected chi connectivity index (χ2v) is 6.05.